The van der Waals surface area contributed by atoms with Crippen LogP contribution in [0.3, 0.4) is 0 Å². The zero-order chi connectivity index (χ0) is 10.1. The molecule has 1 N–H and O–H groups in total. The Balaban J connectivity index is 2.28. The molecule has 0 fully saturated rings. The van der Waals surface area contributed by atoms with Crippen LogP contribution >= 0.6 is 38.9 Å². The number of aliphatic hydroxyl groups is 1. The van der Waals surface area contributed by atoms with Crippen LogP contribution in [0.4, 0.5) is 0 Å². The molecule has 0 saturated carbocycles. The van der Waals surface area contributed by atoms with Gasteiger partial charge in [-0.05, 0) is 40.2 Å². The topological polar surface area (TPSA) is 33.4 Å². The number of hydrogen-bond acceptors (Lipinski definition) is 3. The number of hydrogen-bond donors (Lipinski definition) is 1. The van der Waals surface area contributed by atoms with E-state index in [1.807, 2.05) is 0 Å². The monoisotopic (exact) mass is 292 g/mol. The van der Waals surface area contributed by atoms with E-state index >= 15 is 0 Å². The minimum atomic E-state index is -0.737. The maximum absolute atomic E-state index is 9.86. The van der Waals surface area contributed by atoms with Crippen molar-refractivity contribution in [3.8, 4) is 0 Å². The Kier molecular flexibility index (Phi) is 2.97. The lowest BCUT2D eigenvalue weighted by atomic mass is 10.2. The van der Waals surface area contributed by atoms with Crippen LogP contribution in [0.5, 0.6) is 0 Å². The van der Waals surface area contributed by atoms with Crippen molar-refractivity contribution < 1.29 is 9.52 Å². The highest BCUT2D eigenvalue weighted by Crippen LogP contribution is 2.32. The van der Waals surface area contributed by atoms with Crippen LogP contribution in [0.1, 0.15) is 16.7 Å². The maximum Gasteiger partial charge on any atom is 0.169 e. The molecule has 2 aromatic heterocycles. The van der Waals surface area contributed by atoms with Crippen LogP contribution < -0.4 is 0 Å². The SMILES string of the molecule is OC(c1ccc(Br)o1)c1ccc(Cl)s1. The second kappa shape index (κ2) is 4.06. The average Bonchev–Trinajstić information content (AvgIpc) is 2.73. The highest BCUT2D eigenvalue weighted by atomic mass is 79.9. The first kappa shape index (κ1) is 10.2. The van der Waals surface area contributed by atoms with Crippen molar-refractivity contribution in [2.75, 3.05) is 0 Å². The molecule has 74 valence electrons. The fourth-order valence-electron chi connectivity index (χ4n) is 1.09. The van der Waals surface area contributed by atoms with Crippen molar-refractivity contribution >= 4 is 38.9 Å². The summed E-state index contributed by atoms with van der Waals surface area (Å²) in [5.41, 5.74) is 0. The van der Waals surface area contributed by atoms with Gasteiger partial charge in [-0.1, -0.05) is 11.6 Å². The quantitative estimate of drug-likeness (QED) is 0.912. The summed E-state index contributed by atoms with van der Waals surface area (Å²) in [5.74, 6) is 0.510. The zero-order valence-electron chi connectivity index (χ0n) is 6.91. The van der Waals surface area contributed by atoms with Gasteiger partial charge < -0.3 is 9.52 Å². The standard InChI is InChI=1S/C9H6BrClO2S/c10-7-3-1-5(13-7)9(12)6-2-4-8(11)14-6/h1-4,9,12H. The van der Waals surface area contributed by atoms with Crippen molar-refractivity contribution in [2.24, 2.45) is 0 Å². The molecule has 0 aliphatic carbocycles. The molecule has 1 atom stereocenters. The Morgan fingerprint density at radius 3 is 2.64 bits per heavy atom. The van der Waals surface area contributed by atoms with E-state index in [0.29, 0.717) is 14.8 Å². The predicted octanol–water partition coefficient (Wildman–Crippen LogP) is 3.84. The Morgan fingerprint density at radius 2 is 2.14 bits per heavy atom. The van der Waals surface area contributed by atoms with E-state index in [4.69, 9.17) is 16.0 Å². The van der Waals surface area contributed by atoms with Gasteiger partial charge >= 0.3 is 0 Å². The minimum absolute atomic E-state index is 0.510. The summed E-state index contributed by atoms with van der Waals surface area (Å²) in [6, 6.07) is 7.01. The molecule has 0 amide bonds. The van der Waals surface area contributed by atoms with Crippen molar-refractivity contribution in [1.29, 1.82) is 0 Å². The van der Waals surface area contributed by atoms with E-state index in [-0.39, 0.29) is 0 Å². The van der Waals surface area contributed by atoms with Crippen LogP contribution in [0.2, 0.25) is 4.34 Å². The molecule has 0 spiro atoms. The largest absolute Gasteiger partial charge is 0.451 e. The number of aliphatic hydroxyl groups excluding tert-OH is 1. The van der Waals surface area contributed by atoms with Crippen LogP contribution in [0, 0.1) is 0 Å². The lowest BCUT2D eigenvalue weighted by Crippen LogP contribution is -1.93. The van der Waals surface area contributed by atoms with E-state index in [9.17, 15) is 5.11 Å². The zero-order valence-corrected chi connectivity index (χ0v) is 10.1. The summed E-state index contributed by atoms with van der Waals surface area (Å²) in [6.45, 7) is 0. The van der Waals surface area contributed by atoms with Crippen molar-refractivity contribution in [3.63, 3.8) is 0 Å². The molecule has 0 saturated heterocycles. The van der Waals surface area contributed by atoms with Gasteiger partial charge in [0, 0.05) is 4.88 Å². The van der Waals surface area contributed by atoms with Crippen LogP contribution in [-0.2, 0) is 0 Å². The third-order valence-electron chi connectivity index (χ3n) is 1.73. The maximum atomic E-state index is 9.86. The Hall–Kier alpha value is -0.290. The Bertz CT molecular complexity index is 397. The first-order valence-electron chi connectivity index (χ1n) is 3.85. The van der Waals surface area contributed by atoms with Gasteiger partial charge in [-0.3, -0.25) is 0 Å². The first-order valence-corrected chi connectivity index (χ1v) is 5.84. The van der Waals surface area contributed by atoms with Crippen LogP contribution in [0.15, 0.2) is 33.4 Å². The van der Waals surface area contributed by atoms with Crippen molar-refractivity contribution in [1.82, 2.24) is 0 Å². The summed E-state index contributed by atoms with van der Waals surface area (Å²) in [7, 11) is 0. The molecule has 2 aromatic rings. The highest BCUT2D eigenvalue weighted by molar-refractivity contribution is 9.10. The van der Waals surface area contributed by atoms with Crippen LogP contribution in [-0.4, -0.2) is 5.11 Å². The molecular weight excluding hydrogens is 288 g/mol. The summed E-state index contributed by atoms with van der Waals surface area (Å²) in [5, 5.41) is 9.86. The number of rotatable bonds is 2. The molecular formula is C9H6BrClO2S. The minimum Gasteiger partial charge on any atom is -0.451 e. The van der Waals surface area contributed by atoms with Gasteiger partial charge in [-0.15, -0.1) is 11.3 Å². The van der Waals surface area contributed by atoms with Gasteiger partial charge in [-0.2, -0.15) is 0 Å². The fourth-order valence-corrected chi connectivity index (χ4v) is 2.47. The lowest BCUT2D eigenvalue weighted by Gasteiger charge is -2.03. The number of furan rings is 1. The molecule has 14 heavy (non-hydrogen) atoms. The number of thiophene rings is 1. The molecule has 2 nitrogen and oxygen atoms in total. The highest BCUT2D eigenvalue weighted by Gasteiger charge is 2.16. The molecule has 0 aliphatic heterocycles. The third kappa shape index (κ3) is 2.03. The van der Waals surface area contributed by atoms with E-state index < -0.39 is 6.10 Å². The molecule has 2 rings (SSSR count). The van der Waals surface area contributed by atoms with E-state index in [1.54, 1.807) is 24.3 Å². The second-order valence-corrected chi connectivity index (χ2v) is 5.21. The molecule has 2 heterocycles. The van der Waals surface area contributed by atoms with Crippen LogP contribution in [0.25, 0.3) is 0 Å². The number of halogens is 2. The molecule has 0 bridgehead atoms. The van der Waals surface area contributed by atoms with Gasteiger partial charge in [0.05, 0.1) is 4.34 Å². The molecule has 0 radical (unpaired) electrons. The van der Waals surface area contributed by atoms with Crippen molar-refractivity contribution in [2.45, 2.75) is 6.10 Å². The lowest BCUT2D eigenvalue weighted by molar-refractivity contribution is 0.191. The predicted molar refractivity (Wildman–Crippen MR) is 59.8 cm³/mol. The summed E-state index contributed by atoms with van der Waals surface area (Å²) in [6.07, 6.45) is -0.737. The van der Waals surface area contributed by atoms with E-state index in [0.717, 1.165) is 4.88 Å². The van der Waals surface area contributed by atoms with Gasteiger partial charge in [0.15, 0.2) is 4.67 Å². The second-order valence-electron chi connectivity index (χ2n) is 2.69. The third-order valence-corrected chi connectivity index (χ3v) is 3.44. The Labute approximate surface area is 98.3 Å². The Morgan fingerprint density at radius 1 is 1.36 bits per heavy atom. The fraction of sp³-hybridized carbons (Fsp3) is 0.111. The van der Waals surface area contributed by atoms with Gasteiger partial charge in [0.2, 0.25) is 0 Å². The summed E-state index contributed by atoms with van der Waals surface area (Å²) >= 11 is 10.3. The summed E-state index contributed by atoms with van der Waals surface area (Å²) in [4.78, 5) is 0.775. The smallest absolute Gasteiger partial charge is 0.169 e. The average molecular weight is 294 g/mol. The van der Waals surface area contributed by atoms with Crippen molar-refractivity contribution in [3.05, 3.63) is 43.9 Å². The van der Waals surface area contributed by atoms with Gasteiger partial charge in [0.1, 0.15) is 11.9 Å². The normalized spacial score (nSPS) is 13.1. The molecule has 0 aliphatic rings. The molecule has 5 heteroatoms. The first-order chi connectivity index (χ1) is 6.66. The van der Waals surface area contributed by atoms with Gasteiger partial charge in [-0.25, -0.2) is 0 Å². The summed E-state index contributed by atoms with van der Waals surface area (Å²) < 4.78 is 6.50. The van der Waals surface area contributed by atoms with Gasteiger partial charge in [0.25, 0.3) is 0 Å². The molecule has 1 unspecified atom stereocenters. The molecule has 0 aromatic carbocycles. The van der Waals surface area contributed by atoms with E-state index in [2.05, 4.69) is 15.9 Å². The van der Waals surface area contributed by atoms with E-state index in [1.165, 1.54) is 11.3 Å².